The number of nitrogens with two attached hydrogens (primary N) is 1. The van der Waals surface area contributed by atoms with Crippen molar-refractivity contribution in [3.8, 4) is 0 Å². The summed E-state index contributed by atoms with van der Waals surface area (Å²) in [6.07, 6.45) is 0. The molecule has 0 spiro atoms. The molecule has 0 atom stereocenters. The number of hydrogen-bond acceptors (Lipinski definition) is 3. The first-order valence-electron chi connectivity index (χ1n) is 5.63. The molecule has 0 aliphatic carbocycles. The standard InChI is InChI=1S/C13H12BrFN2O2S/c1-8-2-4-10(14)12(6-8)17-20(18,19)13-7-9(16)3-5-11(13)15/h2-7,17H,16H2,1H3. The number of nitrogen functional groups attached to an aromatic ring is 1. The first-order valence-corrected chi connectivity index (χ1v) is 7.91. The minimum Gasteiger partial charge on any atom is -0.399 e. The molecule has 0 amide bonds. The Morgan fingerprint density at radius 1 is 1.20 bits per heavy atom. The molecule has 2 aromatic rings. The van der Waals surface area contributed by atoms with E-state index in [9.17, 15) is 12.8 Å². The molecule has 3 N–H and O–H groups in total. The van der Waals surface area contributed by atoms with Crippen LogP contribution in [0.5, 0.6) is 0 Å². The highest BCUT2D eigenvalue weighted by Gasteiger charge is 2.20. The van der Waals surface area contributed by atoms with Crippen LogP contribution in [-0.4, -0.2) is 8.42 Å². The van der Waals surface area contributed by atoms with Gasteiger partial charge in [-0.25, -0.2) is 12.8 Å². The minimum absolute atomic E-state index is 0.176. The zero-order valence-corrected chi connectivity index (χ0v) is 12.9. The lowest BCUT2D eigenvalue weighted by atomic mass is 10.2. The second-order valence-electron chi connectivity index (χ2n) is 4.28. The predicted molar refractivity (Wildman–Crippen MR) is 80.5 cm³/mol. The Bertz CT molecular complexity index is 763. The number of aryl methyl sites for hydroxylation is 1. The van der Waals surface area contributed by atoms with Crippen molar-refractivity contribution in [3.05, 3.63) is 52.3 Å². The van der Waals surface area contributed by atoms with E-state index >= 15 is 0 Å². The number of rotatable bonds is 3. The molecule has 0 aliphatic rings. The van der Waals surface area contributed by atoms with E-state index in [1.54, 1.807) is 12.1 Å². The van der Waals surface area contributed by atoms with Crippen LogP contribution in [0, 0.1) is 12.7 Å². The average Bonchev–Trinajstić information content (AvgIpc) is 2.36. The summed E-state index contributed by atoms with van der Waals surface area (Å²) in [5.74, 6) is -0.851. The number of benzene rings is 2. The van der Waals surface area contributed by atoms with Crippen molar-refractivity contribution >= 4 is 37.3 Å². The van der Waals surface area contributed by atoms with E-state index in [4.69, 9.17) is 5.73 Å². The smallest absolute Gasteiger partial charge is 0.264 e. The minimum atomic E-state index is -4.04. The van der Waals surface area contributed by atoms with Gasteiger partial charge in [-0.05, 0) is 58.7 Å². The number of sulfonamides is 1. The van der Waals surface area contributed by atoms with Crippen LogP contribution in [0.25, 0.3) is 0 Å². The summed E-state index contributed by atoms with van der Waals surface area (Å²) < 4.78 is 41.0. The summed E-state index contributed by atoms with van der Waals surface area (Å²) in [6, 6.07) is 8.59. The maximum atomic E-state index is 13.7. The van der Waals surface area contributed by atoms with Crippen LogP contribution in [0.2, 0.25) is 0 Å². The summed E-state index contributed by atoms with van der Waals surface area (Å²) in [5.41, 5.74) is 6.89. The largest absolute Gasteiger partial charge is 0.399 e. The van der Waals surface area contributed by atoms with Gasteiger partial charge in [0.05, 0.1) is 5.69 Å². The van der Waals surface area contributed by atoms with Crippen molar-refractivity contribution in [2.75, 3.05) is 10.5 Å². The van der Waals surface area contributed by atoms with Gasteiger partial charge in [0, 0.05) is 10.2 Å². The summed E-state index contributed by atoms with van der Waals surface area (Å²) in [4.78, 5) is -0.481. The first kappa shape index (κ1) is 14.8. The molecule has 0 saturated carbocycles. The molecule has 4 nitrogen and oxygen atoms in total. The van der Waals surface area contributed by atoms with Gasteiger partial charge in [0.25, 0.3) is 10.0 Å². The third-order valence-corrected chi connectivity index (χ3v) is 4.68. The van der Waals surface area contributed by atoms with Crippen molar-refractivity contribution in [2.24, 2.45) is 0 Å². The van der Waals surface area contributed by atoms with Gasteiger partial charge >= 0.3 is 0 Å². The molecule has 0 heterocycles. The van der Waals surface area contributed by atoms with Crippen molar-refractivity contribution in [2.45, 2.75) is 11.8 Å². The molecule has 7 heteroatoms. The van der Waals surface area contributed by atoms with Gasteiger partial charge in [0.1, 0.15) is 10.7 Å². The highest BCUT2D eigenvalue weighted by atomic mass is 79.9. The van der Waals surface area contributed by atoms with Crippen molar-refractivity contribution in [1.82, 2.24) is 0 Å². The molecule has 0 radical (unpaired) electrons. The topological polar surface area (TPSA) is 72.2 Å². The highest BCUT2D eigenvalue weighted by Crippen LogP contribution is 2.27. The lowest BCUT2D eigenvalue weighted by Gasteiger charge is -2.11. The van der Waals surface area contributed by atoms with E-state index in [1.807, 2.05) is 13.0 Å². The number of hydrogen-bond donors (Lipinski definition) is 2. The molecular formula is C13H12BrFN2O2S. The van der Waals surface area contributed by atoms with E-state index in [-0.39, 0.29) is 5.69 Å². The maximum Gasteiger partial charge on any atom is 0.264 e. The van der Waals surface area contributed by atoms with Gasteiger partial charge in [-0.2, -0.15) is 0 Å². The molecule has 106 valence electrons. The van der Waals surface area contributed by atoms with Crippen LogP contribution in [0.3, 0.4) is 0 Å². The third-order valence-electron chi connectivity index (χ3n) is 2.61. The quantitative estimate of drug-likeness (QED) is 0.827. The van der Waals surface area contributed by atoms with Gasteiger partial charge in [-0.15, -0.1) is 0 Å². The van der Waals surface area contributed by atoms with Gasteiger partial charge in [-0.1, -0.05) is 6.07 Å². The molecule has 0 saturated heterocycles. The van der Waals surface area contributed by atoms with Crippen molar-refractivity contribution in [1.29, 1.82) is 0 Å². The Morgan fingerprint density at radius 3 is 2.60 bits per heavy atom. The van der Waals surface area contributed by atoms with E-state index in [2.05, 4.69) is 20.7 Å². The van der Waals surface area contributed by atoms with E-state index in [1.165, 1.54) is 6.07 Å². The number of halogens is 2. The summed E-state index contributed by atoms with van der Waals surface area (Å²) in [5, 5.41) is 0. The second kappa shape index (κ2) is 5.41. The van der Waals surface area contributed by atoms with Gasteiger partial charge in [0.2, 0.25) is 0 Å². The van der Waals surface area contributed by atoms with Gasteiger partial charge in [-0.3, -0.25) is 4.72 Å². The second-order valence-corrected chi connectivity index (χ2v) is 6.78. The van der Waals surface area contributed by atoms with Crippen LogP contribution >= 0.6 is 15.9 Å². The molecule has 2 rings (SSSR count). The molecule has 0 bridgehead atoms. The van der Waals surface area contributed by atoms with Crippen LogP contribution < -0.4 is 10.5 Å². The van der Waals surface area contributed by atoms with Gasteiger partial charge < -0.3 is 5.73 Å². The molecular weight excluding hydrogens is 347 g/mol. The predicted octanol–water partition coefficient (Wildman–Crippen LogP) is 3.28. The molecule has 0 aromatic heterocycles. The highest BCUT2D eigenvalue weighted by molar-refractivity contribution is 9.10. The fourth-order valence-electron chi connectivity index (χ4n) is 1.64. The Hall–Kier alpha value is -1.60. The molecule has 20 heavy (non-hydrogen) atoms. The average molecular weight is 359 g/mol. The van der Waals surface area contributed by atoms with Crippen molar-refractivity contribution < 1.29 is 12.8 Å². The van der Waals surface area contributed by atoms with E-state index < -0.39 is 20.7 Å². The Labute approximate surface area is 125 Å². The number of anilines is 2. The molecule has 2 aromatic carbocycles. The molecule has 0 fully saturated rings. The molecule has 0 unspecified atom stereocenters. The van der Waals surface area contributed by atoms with Crippen LogP contribution in [0.1, 0.15) is 5.56 Å². The van der Waals surface area contributed by atoms with E-state index in [0.29, 0.717) is 10.2 Å². The van der Waals surface area contributed by atoms with E-state index in [0.717, 1.165) is 17.7 Å². The van der Waals surface area contributed by atoms with Crippen LogP contribution in [-0.2, 0) is 10.0 Å². The Morgan fingerprint density at radius 2 is 1.90 bits per heavy atom. The van der Waals surface area contributed by atoms with Gasteiger partial charge in [0.15, 0.2) is 0 Å². The lowest BCUT2D eigenvalue weighted by Crippen LogP contribution is -2.15. The van der Waals surface area contributed by atoms with Crippen LogP contribution in [0.4, 0.5) is 15.8 Å². The fraction of sp³-hybridized carbons (Fsp3) is 0.0769. The summed E-state index contributed by atoms with van der Waals surface area (Å²) >= 11 is 3.24. The summed E-state index contributed by atoms with van der Waals surface area (Å²) in [6.45, 7) is 1.82. The Balaban J connectivity index is 2.46. The third kappa shape index (κ3) is 3.10. The maximum absolute atomic E-state index is 13.7. The van der Waals surface area contributed by atoms with Crippen molar-refractivity contribution in [3.63, 3.8) is 0 Å². The first-order chi connectivity index (χ1) is 9.29. The molecule has 0 aliphatic heterocycles. The van der Waals surface area contributed by atoms with Crippen LogP contribution in [0.15, 0.2) is 45.8 Å². The zero-order chi connectivity index (χ0) is 14.9. The fourth-order valence-corrected chi connectivity index (χ4v) is 3.30. The monoisotopic (exact) mass is 358 g/mol. The number of nitrogens with one attached hydrogen (secondary N) is 1. The Kier molecular flexibility index (Phi) is 4.01. The SMILES string of the molecule is Cc1ccc(Br)c(NS(=O)(=O)c2cc(N)ccc2F)c1. The lowest BCUT2D eigenvalue weighted by molar-refractivity contribution is 0.570. The summed E-state index contributed by atoms with van der Waals surface area (Å²) in [7, 11) is -4.04. The zero-order valence-electron chi connectivity index (χ0n) is 10.5. The normalized spacial score (nSPS) is 11.3.